The van der Waals surface area contributed by atoms with Crippen molar-refractivity contribution in [1.82, 2.24) is 9.88 Å². The van der Waals surface area contributed by atoms with E-state index in [1.54, 1.807) is 4.90 Å². The zero-order chi connectivity index (χ0) is 28.2. The SMILES string of the molecule is C=CC(=O)N1CCN(c2c(C#N)c(OCCC)nc3c2CCN(c2cccc4cccc(C)c24)C3)C[C@@H]1CC#N. The maximum absolute atomic E-state index is 12.5. The number of carbonyl (C=O) groups excluding carboxylic acids is 1. The third-order valence-electron chi connectivity index (χ3n) is 7.86. The zero-order valence-corrected chi connectivity index (χ0v) is 23.2. The zero-order valence-electron chi connectivity index (χ0n) is 23.2. The van der Waals surface area contributed by atoms with Crippen molar-refractivity contribution in [3.63, 3.8) is 0 Å². The number of nitrogens with zero attached hydrogens (tertiary/aromatic N) is 6. The van der Waals surface area contributed by atoms with Crippen LogP contribution >= 0.6 is 0 Å². The molecule has 0 N–H and O–H groups in total. The number of amides is 1. The highest BCUT2D eigenvalue weighted by atomic mass is 16.5. The molecule has 1 atom stereocenters. The molecule has 204 valence electrons. The lowest BCUT2D eigenvalue weighted by Crippen LogP contribution is -2.55. The van der Waals surface area contributed by atoms with Crippen LogP contribution in [0.5, 0.6) is 5.88 Å². The number of nitriles is 2. The van der Waals surface area contributed by atoms with E-state index in [1.165, 1.54) is 28.1 Å². The summed E-state index contributed by atoms with van der Waals surface area (Å²) in [6, 6.07) is 17.1. The minimum Gasteiger partial charge on any atom is -0.477 e. The number of pyridine rings is 1. The Morgan fingerprint density at radius 3 is 2.70 bits per heavy atom. The molecule has 2 aliphatic heterocycles. The quantitative estimate of drug-likeness (QED) is 0.399. The van der Waals surface area contributed by atoms with Gasteiger partial charge in [0.1, 0.15) is 11.6 Å². The minimum atomic E-state index is -0.293. The lowest BCUT2D eigenvalue weighted by atomic mass is 9.95. The van der Waals surface area contributed by atoms with E-state index in [0.29, 0.717) is 44.2 Å². The molecule has 1 fully saturated rings. The van der Waals surface area contributed by atoms with Crippen LogP contribution in [0.25, 0.3) is 10.8 Å². The summed E-state index contributed by atoms with van der Waals surface area (Å²) in [5.74, 6) is 0.181. The molecule has 0 bridgehead atoms. The molecular formula is C32H34N6O2. The highest BCUT2D eigenvalue weighted by Gasteiger charge is 2.35. The van der Waals surface area contributed by atoms with Crippen molar-refractivity contribution in [3.8, 4) is 18.0 Å². The Balaban J connectivity index is 1.57. The predicted molar refractivity (Wildman–Crippen MR) is 156 cm³/mol. The molecule has 2 aromatic carbocycles. The molecule has 40 heavy (non-hydrogen) atoms. The molecule has 1 amide bonds. The monoisotopic (exact) mass is 534 g/mol. The fraction of sp³-hybridized carbons (Fsp3) is 0.375. The van der Waals surface area contributed by atoms with Crippen LogP contribution < -0.4 is 14.5 Å². The fourth-order valence-corrected chi connectivity index (χ4v) is 6.01. The summed E-state index contributed by atoms with van der Waals surface area (Å²) < 4.78 is 6.05. The van der Waals surface area contributed by atoms with Crippen LogP contribution in [0.3, 0.4) is 0 Å². The van der Waals surface area contributed by atoms with Gasteiger partial charge in [-0.2, -0.15) is 10.5 Å². The van der Waals surface area contributed by atoms with Crippen LogP contribution in [0, 0.1) is 29.6 Å². The number of rotatable bonds is 7. The molecule has 0 spiro atoms. The number of ether oxygens (including phenoxy) is 1. The summed E-state index contributed by atoms with van der Waals surface area (Å²) in [5, 5.41) is 22.3. The smallest absolute Gasteiger partial charge is 0.246 e. The second kappa shape index (κ2) is 11.7. The van der Waals surface area contributed by atoms with Gasteiger partial charge >= 0.3 is 0 Å². The number of anilines is 2. The Kier molecular flexibility index (Phi) is 7.89. The van der Waals surface area contributed by atoms with E-state index >= 15 is 0 Å². The summed E-state index contributed by atoms with van der Waals surface area (Å²) >= 11 is 0. The van der Waals surface area contributed by atoms with Gasteiger partial charge in [-0.25, -0.2) is 4.98 Å². The van der Waals surface area contributed by atoms with E-state index < -0.39 is 0 Å². The maximum Gasteiger partial charge on any atom is 0.246 e. The molecule has 0 aliphatic carbocycles. The van der Waals surface area contributed by atoms with Gasteiger partial charge in [0.05, 0.1) is 43.1 Å². The highest BCUT2D eigenvalue weighted by molar-refractivity contribution is 5.97. The van der Waals surface area contributed by atoms with Gasteiger partial charge in [0.2, 0.25) is 11.8 Å². The van der Waals surface area contributed by atoms with Gasteiger partial charge in [-0.1, -0.05) is 43.8 Å². The number of fused-ring (bicyclic) bond motifs is 2. The molecule has 8 nitrogen and oxygen atoms in total. The van der Waals surface area contributed by atoms with Gasteiger partial charge in [0, 0.05) is 42.8 Å². The topological polar surface area (TPSA) is 96.5 Å². The molecule has 5 rings (SSSR count). The van der Waals surface area contributed by atoms with Gasteiger partial charge in [0.25, 0.3) is 0 Å². The minimum absolute atomic E-state index is 0.176. The van der Waals surface area contributed by atoms with Gasteiger partial charge in [0.15, 0.2) is 0 Å². The Labute approximate surface area is 235 Å². The summed E-state index contributed by atoms with van der Waals surface area (Å²) in [4.78, 5) is 23.7. The van der Waals surface area contributed by atoms with Crippen molar-refractivity contribution in [3.05, 3.63) is 71.4 Å². The number of carbonyl (C=O) groups is 1. The average Bonchev–Trinajstić information content (AvgIpc) is 2.98. The van der Waals surface area contributed by atoms with Gasteiger partial charge in [-0.15, -0.1) is 0 Å². The first-order valence-corrected chi connectivity index (χ1v) is 13.9. The van der Waals surface area contributed by atoms with Crippen molar-refractivity contribution < 1.29 is 9.53 Å². The highest BCUT2D eigenvalue weighted by Crippen LogP contribution is 2.40. The van der Waals surface area contributed by atoms with E-state index in [1.807, 2.05) is 6.92 Å². The molecule has 2 aliphatic rings. The van der Waals surface area contributed by atoms with Crippen molar-refractivity contribution in [1.29, 1.82) is 10.5 Å². The van der Waals surface area contributed by atoms with Gasteiger partial charge < -0.3 is 19.4 Å². The first-order valence-electron chi connectivity index (χ1n) is 13.9. The number of piperazine rings is 1. The van der Waals surface area contributed by atoms with Gasteiger partial charge in [-0.3, -0.25) is 4.79 Å². The molecule has 0 radical (unpaired) electrons. The Hall–Kier alpha value is -4.56. The van der Waals surface area contributed by atoms with E-state index in [2.05, 4.69) is 71.8 Å². The molecule has 1 saturated heterocycles. The van der Waals surface area contributed by atoms with Crippen LogP contribution in [0.2, 0.25) is 0 Å². The van der Waals surface area contributed by atoms with Crippen LogP contribution in [0.15, 0.2) is 49.1 Å². The third-order valence-corrected chi connectivity index (χ3v) is 7.86. The second-order valence-electron chi connectivity index (χ2n) is 10.3. The van der Waals surface area contributed by atoms with Crippen molar-refractivity contribution in [2.24, 2.45) is 0 Å². The lowest BCUT2D eigenvalue weighted by Gasteiger charge is -2.43. The van der Waals surface area contributed by atoms with Crippen LogP contribution in [0.4, 0.5) is 11.4 Å². The fourth-order valence-electron chi connectivity index (χ4n) is 6.01. The molecule has 8 heteroatoms. The van der Waals surface area contributed by atoms with Crippen LogP contribution in [0.1, 0.15) is 42.1 Å². The first-order chi connectivity index (χ1) is 19.5. The largest absolute Gasteiger partial charge is 0.477 e. The van der Waals surface area contributed by atoms with Gasteiger partial charge in [-0.05, 0) is 42.9 Å². The third kappa shape index (κ3) is 4.94. The Morgan fingerprint density at radius 2 is 1.98 bits per heavy atom. The predicted octanol–water partition coefficient (Wildman–Crippen LogP) is 4.88. The van der Waals surface area contributed by atoms with Crippen molar-refractivity contribution in [2.45, 2.75) is 45.7 Å². The Bertz CT molecular complexity index is 1530. The second-order valence-corrected chi connectivity index (χ2v) is 10.3. The number of aryl methyl sites for hydroxylation is 1. The summed E-state index contributed by atoms with van der Waals surface area (Å²) in [5.41, 5.74) is 5.62. The van der Waals surface area contributed by atoms with Crippen LogP contribution in [-0.4, -0.2) is 54.6 Å². The van der Waals surface area contributed by atoms with E-state index in [9.17, 15) is 15.3 Å². The summed E-state index contributed by atoms with van der Waals surface area (Å²) in [6.07, 6.45) is 3.03. The normalized spacial score (nSPS) is 16.7. The molecule has 3 aromatic rings. The van der Waals surface area contributed by atoms with Crippen LogP contribution in [-0.2, 0) is 17.8 Å². The maximum atomic E-state index is 12.5. The number of hydrogen-bond acceptors (Lipinski definition) is 7. The number of hydrogen-bond donors (Lipinski definition) is 0. The van der Waals surface area contributed by atoms with E-state index in [-0.39, 0.29) is 18.4 Å². The standard InChI is InChI=1S/C32H34N6O2/c1-4-18-40-32-26(19-34)31(37-16-17-38(29(39)5-2)24(20-37)12-14-33)25-13-15-36(21-27(25)35-32)28-11-7-10-23-9-6-8-22(3)30(23)28/h5-11,24H,2,4,12-13,15-18,20-21H2,1,3H3/t24-/m0/s1. The molecular weight excluding hydrogens is 500 g/mol. The summed E-state index contributed by atoms with van der Waals surface area (Å²) in [7, 11) is 0. The first kappa shape index (κ1) is 27.0. The lowest BCUT2D eigenvalue weighted by molar-refractivity contribution is -0.128. The van der Waals surface area contributed by atoms with E-state index in [4.69, 9.17) is 9.72 Å². The summed E-state index contributed by atoms with van der Waals surface area (Å²) in [6.45, 7) is 11.1. The molecule has 3 heterocycles. The number of aromatic nitrogens is 1. The van der Waals surface area contributed by atoms with E-state index in [0.717, 1.165) is 36.3 Å². The molecule has 1 aromatic heterocycles. The molecule has 0 saturated carbocycles. The van der Waals surface area contributed by atoms with Crippen molar-refractivity contribution >= 4 is 28.1 Å². The molecule has 0 unspecified atom stereocenters. The van der Waals surface area contributed by atoms with Crippen molar-refractivity contribution in [2.75, 3.05) is 42.6 Å². The average molecular weight is 535 g/mol. The number of benzene rings is 2. The Morgan fingerprint density at radius 1 is 1.18 bits per heavy atom.